The van der Waals surface area contributed by atoms with E-state index in [1.807, 2.05) is 11.3 Å². The summed E-state index contributed by atoms with van der Waals surface area (Å²) in [4.78, 5) is 1.42. The third-order valence-corrected chi connectivity index (χ3v) is 7.19. The standard InChI is InChI=1S/C13H20BrNS2/c1-10(12-11(14)5-8-17-12)15-9-13(16-2)6-3-4-7-13/h5,8,10,15H,3-4,6-7,9H2,1-2H3. The van der Waals surface area contributed by atoms with E-state index in [-0.39, 0.29) is 0 Å². The maximum absolute atomic E-state index is 3.72. The Balaban J connectivity index is 1.91. The fourth-order valence-electron chi connectivity index (χ4n) is 2.52. The molecular formula is C13H20BrNS2. The van der Waals surface area contributed by atoms with E-state index in [4.69, 9.17) is 0 Å². The minimum absolute atomic E-state index is 0.453. The van der Waals surface area contributed by atoms with Crippen LogP contribution in [0.5, 0.6) is 0 Å². The molecule has 2 rings (SSSR count). The lowest BCUT2D eigenvalue weighted by Crippen LogP contribution is -2.36. The SMILES string of the molecule is CSC1(CNC(C)c2sccc2Br)CCCC1. The minimum atomic E-state index is 0.453. The molecule has 0 saturated heterocycles. The van der Waals surface area contributed by atoms with Gasteiger partial charge in [0.2, 0.25) is 0 Å². The topological polar surface area (TPSA) is 12.0 Å². The van der Waals surface area contributed by atoms with Crippen LogP contribution in [0.1, 0.15) is 43.5 Å². The van der Waals surface area contributed by atoms with Crippen LogP contribution in [0.25, 0.3) is 0 Å². The lowest BCUT2D eigenvalue weighted by atomic mass is 10.1. The number of halogens is 1. The molecule has 1 N–H and O–H groups in total. The lowest BCUT2D eigenvalue weighted by molar-refractivity contribution is 0.489. The molecule has 1 atom stereocenters. The van der Waals surface area contributed by atoms with Crippen LogP contribution in [0.2, 0.25) is 0 Å². The smallest absolute Gasteiger partial charge is 0.0397 e. The molecule has 1 aliphatic carbocycles. The molecule has 0 bridgehead atoms. The van der Waals surface area contributed by atoms with Gasteiger partial charge in [0.25, 0.3) is 0 Å². The molecule has 4 heteroatoms. The monoisotopic (exact) mass is 333 g/mol. The molecule has 0 aliphatic heterocycles. The van der Waals surface area contributed by atoms with Gasteiger partial charge in [0.05, 0.1) is 0 Å². The first-order valence-electron chi connectivity index (χ1n) is 6.18. The maximum Gasteiger partial charge on any atom is 0.0397 e. The van der Waals surface area contributed by atoms with Crippen molar-refractivity contribution in [3.8, 4) is 0 Å². The first-order chi connectivity index (χ1) is 8.17. The molecule has 0 aromatic carbocycles. The van der Waals surface area contributed by atoms with Gasteiger partial charge in [-0.2, -0.15) is 11.8 Å². The molecule has 0 radical (unpaired) electrons. The van der Waals surface area contributed by atoms with E-state index in [0.717, 1.165) is 6.54 Å². The average Bonchev–Trinajstić information content (AvgIpc) is 2.95. The van der Waals surface area contributed by atoms with Crippen molar-refractivity contribution >= 4 is 39.0 Å². The van der Waals surface area contributed by atoms with Gasteiger partial charge in [-0.15, -0.1) is 11.3 Å². The number of rotatable bonds is 5. The number of thioether (sulfide) groups is 1. The van der Waals surface area contributed by atoms with Crippen LogP contribution in [-0.4, -0.2) is 17.5 Å². The van der Waals surface area contributed by atoms with Crippen LogP contribution >= 0.6 is 39.0 Å². The van der Waals surface area contributed by atoms with Crippen molar-refractivity contribution < 1.29 is 0 Å². The zero-order chi connectivity index (χ0) is 12.3. The van der Waals surface area contributed by atoms with Gasteiger partial charge in [-0.05, 0) is 53.4 Å². The quantitative estimate of drug-likeness (QED) is 0.827. The third kappa shape index (κ3) is 3.28. The Morgan fingerprint density at radius 1 is 1.53 bits per heavy atom. The predicted octanol–water partition coefficient (Wildman–Crippen LogP) is 4.84. The van der Waals surface area contributed by atoms with E-state index < -0.39 is 0 Å². The first-order valence-corrected chi connectivity index (χ1v) is 9.08. The lowest BCUT2D eigenvalue weighted by Gasteiger charge is -2.29. The van der Waals surface area contributed by atoms with E-state index in [1.165, 1.54) is 35.0 Å². The summed E-state index contributed by atoms with van der Waals surface area (Å²) in [5, 5.41) is 5.87. The van der Waals surface area contributed by atoms with Crippen LogP contribution in [0, 0.1) is 0 Å². The van der Waals surface area contributed by atoms with Gasteiger partial charge in [0.15, 0.2) is 0 Å². The molecule has 0 amide bonds. The third-order valence-electron chi connectivity index (χ3n) is 3.72. The summed E-state index contributed by atoms with van der Waals surface area (Å²) in [5.41, 5.74) is 0. The second-order valence-corrected chi connectivity index (χ2v) is 7.91. The minimum Gasteiger partial charge on any atom is -0.308 e. The van der Waals surface area contributed by atoms with Crippen molar-refractivity contribution in [2.45, 2.75) is 43.4 Å². The van der Waals surface area contributed by atoms with E-state index in [1.54, 1.807) is 0 Å². The number of hydrogen-bond acceptors (Lipinski definition) is 3. The van der Waals surface area contributed by atoms with Crippen LogP contribution in [0.15, 0.2) is 15.9 Å². The molecule has 96 valence electrons. The van der Waals surface area contributed by atoms with E-state index in [9.17, 15) is 0 Å². The molecular weight excluding hydrogens is 314 g/mol. The maximum atomic E-state index is 3.72. The summed E-state index contributed by atoms with van der Waals surface area (Å²) in [6, 6.07) is 2.59. The Labute approximate surface area is 121 Å². The summed E-state index contributed by atoms with van der Waals surface area (Å²) in [7, 11) is 0. The molecule has 0 spiro atoms. The number of hydrogen-bond donors (Lipinski definition) is 1. The summed E-state index contributed by atoms with van der Waals surface area (Å²) in [6.45, 7) is 3.40. The normalized spacial score (nSPS) is 20.6. The van der Waals surface area contributed by atoms with Crippen molar-refractivity contribution in [3.05, 3.63) is 20.8 Å². The van der Waals surface area contributed by atoms with Crippen molar-refractivity contribution in [1.82, 2.24) is 5.32 Å². The molecule has 17 heavy (non-hydrogen) atoms. The van der Waals surface area contributed by atoms with E-state index >= 15 is 0 Å². The van der Waals surface area contributed by atoms with Gasteiger partial charge in [-0.3, -0.25) is 0 Å². The highest BCUT2D eigenvalue weighted by atomic mass is 79.9. The zero-order valence-corrected chi connectivity index (χ0v) is 13.7. The van der Waals surface area contributed by atoms with Crippen molar-refractivity contribution in [2.75, 3.05) is 12.8 Å². The Kier molecular flexibility index (Phi) is 4.98. The molecule has 1 aromatic heterocycles. The van der Waals surface area contributed by atoms with Gasteiger partial charge in [-0.1, -0.05) is 12.8 Å². The molecule has 1 fully saturated rings. The van der Waals surface area contributed by atoms with Gasteiger partial charge in [0.1, 0.15) is 0 Å². The summed E-state index contributed by atoms with van der Waals surface area (Å²) >= 11 is 7.50. The highest BCUT2D eigenvalue weighted by Crippen LogP contribution is 2.40. The fraction of sp³-hybridized carbons (Fsp3) is 0.692. The molecule has 1 heterocycles. The Bertz CT molecular complexity index is 358. The zero-order valence-electron chi connectivity index (χ0n) is 10.5. The Hall–Kier alpha value is 0.490. The predicted molar refractivity (Wildman–Crippen MR) is 83.2 cm³/mol. The average molecular weight is 334 g/mol. The number of thiophene rings is 1. The van der Waals surface area contributed by atoms with Gasteiger partial charge >= 0.3 is 0 Å². The molecule has 1 saturated carbocycles. The summed E-state index contributed by atoms with van der Waals surface area (Å²) in [6.07, 6.45) is 7.82. The Morgan fingerprint density at radius 2 is 2.24 bits per heavy atom. The molecule has 1 aliphatic rings. The van der Waals surface area contributed by atoms with Crippen molar-refractivity contribution in [3.63, 3.8) is 0 Å². The second kappa shape index (κ2) is 6.09. The van der Waals surface area contributed by atoms with Gasteiger partial charge in [0, 0.05) is 26.7 Å². The van der Waals surface area contributed by atoms with E-state index in [0.29, 0.717) is 10.8 Å². The van der Waals surface area contributed by atoms with Crippen LogP contribution < -0.4 is 5.32 Å². The van der Waals surface area contributed by atoms with Crippen molar-refractivity contribution in [2.24, 2.45) is 0 Å². The van der Waals surface area contributed by atoms with Crippen molar-refractivity contribution in [1.29, 1.82) is 0 Å². The summed E-state index contributed by atoms with van der Waals surface area (Å²) < 4.78 is 1.74. The molecule has 1 unspecified atom stereocenters. The van der Waals surface area contributed by atoms with Crippen LogP contribution in [-0.2, 0) is 0 Å². The molecule has 1 aromatic rings. The Morgan fingerprint density at radius 3 is 2.76 bits per heavy atom. The van der Waals surface area contributed by atoms with Gasteiger partial charge in [-0.25, -0.2) is 0 Å². The summed E-state index contributed by atoms with van der Waals surface area (Å²) in [5.74, 6) is 0. The first kappa shape index (κ1) is 13.9. The van der Waals surface area contributed by atoms with Crippen LogP contribution in [0.4, 0.5) is 0 Å². The highest BCUT2D eigenvalue weighted by Gasteiger charge is 2.33. The number of nitrogens with one attached hydrogen (secondary N) is 1. The highest BCUT2D eigenvalue weighted by molar-refractivity contribution is 9.10. The van der Waals surface area contributed by atoms with Gasteiger partial charge < -0.3 is 5.32 Å². The second-order valence-electron chi connectivity index (χ2n) is 4.83. The van der Waals surface area contributed by atoms with Crippen LogP contribution in [0.3, 0.4) is 0 Å². The largest absolute Gasteiger partial charge is 0.308 e. The fourth-order valence-corrected chi connectivity index (χ4v) is 5.19. The molecule has 1 nitrogen and oxygen atoms in total. The van der Waals surface area contributed by atoms with E-state index in [2.05, 4.69) is 57.6 Å².